The van der Waals surface area contributed by atoms with E-state index in [1.54, 1.807) is 12.4 Å². The summed E-state index contributed by atoms with van der Waals surface area (Å²) in [6.07, 6.45) is 7.27. The Bertz CT molecular complexity index is 424. The number of H-pyrrole nitrogens is 1. The predicted octanol–water partition coefficient (Wildman–Crippen LogP) is 0.856. The molecule has 0 aromatic carbocycles. The monoisotopic (exact) mass is 251 g/mol. The maximum absolute atomic E-state index is 11.7. The lowest BCUT2D eigenvalue weighted by Crippen LogP contribution is -2.59. The molecule has 1 saturated carbocycles. The van der Waals surface area contributed by atoms with E-state index < -0.39 is 11.5 Å². The lowest BCUT2D eigenvalue weighted by Gasteiger charge is -2.38. The highest BCUT2D eigenvalue weighted by atomic mass is 16.4. The minimum absolute atomic E-state index is 0.180. The van der Waals surface area contributed by atoms with Crippen LogP contribution in [0.25, 0.3) is 0 Å². The van der Waals surface area contributed by atoms with Crippen molar-refractivity contribution in [3.63, 3.8) is 0 Å². The molecule has 0 spiro atoms. The first-order valence-corrected chi connectivity index (χ1v) is 6.14. The number of carboxylic acid groups (broad SMARTS) is 1. The van der Waals surface area contributed by atoms with Crippen molar-refractivity contribution in [2.75, 3.05) is 0 Å². The second-order valence-corrected chi connectivity index (χ2v) is 4.75. The van der Waals surface area contributed by atoms with Gasteiger partial charge >= 0.3 is 5.97 Å². The van der Waals surface area contributed by atoms with E-state index in [2.05, 4.69) is 15.5 Å². The van der Waals surface area contributed by atoms with Crippen LogP contribution in [0, 0.1) is 0 Å². The van der Waals surface area contributed by atoms with Crippen molar-refractivity contribution in [3.8, 4) is 0 Å². The minimum atomic E-state index is -0.993. The lowest BCUT2D eigenvalue weighted by atomic mass is 9.76. The maximum Gasteiger partial charge on any atom is 0.329 e. The summed E-state index contributed by atoms with van der Waals surface area (Å²) < 4.78 is 0. The van der Waals surface area contributed by atoms with Gasteiger partial charge in [0.15, 0.2) is 0 Å². The first kappa shape index (κ1) is 12.6. The predicted molar refractivity (Wildman–Crippen MR) is 63.9 cm³/mol. The van der Waals surface area contributed by atoms with Crippen molar-refractivity contribution >= 4 is 11.9 Å². The fourth-order valence-electron chi connectivity index (χ4n) is 2.12. The van der Waals surface area contributed by atoms with Crippen LogP contribution < -0.4 is 5.32 Å². The minimum Gasteiger partial charge on any atom is -0.480 e. The Morgan fingerprint density at radius 1 is 1.50 bits per heavy atom. The van der Waals surface area contributed by atoms with E-state index in [1.807, 2.05) is 0 Å². The Kier molecular flexibility index (Phi) is 3.64. The number of nitrogens with one attached hydrogen (secondary N) is 2. The molecule has 6 heteroatoms. The molecule has 3 N–H and O–H groups in total. The third kappa shape index (κ3) is 2.69. The standard InChI is InChI=1S/C12H17N3O3/c16-10(4-1-3-9-7-13-14-8-9)15-12(11(17)18)5-2-6-12/h7-8H,1-6H2,(H,13,14)(H,15,16)(H,17,18). The Labute approximate surface area is 105 Å². The van der Waals surface area contributed by atoms with Gasteiger partial charge in [0.1, 0.15) is 5.54 Å². The highest BCUT2D eigenvalue weighted by molar-refractivity contribution is 5.87. The molecule has 2 rings (SSSR count). The van der Waals surface area contributed by atoms with Gasteiger partial charge in [0, 0.05) is 12.6 Å². The summed E-state index contributed by atoms with van der Waals surface area (Å²) in [7, 11) is 0. The summed E-state index contributed by atoms with van der Waals surface area (Å²) >= 11 is 0. The van der Waals surface area contributed by atoms with Crippen molar-refractivity contribution in [3.05, 3.63) is 18.0 Å². The number of amides is 1. The molecular formula is C12H17N3O3. The Hall–Kier alpha value is -1.85. The van der Waals surface area contributed by atoms with Gasteiger partial charge in [-0.3, -0.25) is 9.89 Å². The van der Waals surface area contributed by atoms with Gasteiger partial charge in [0.2, 0.25) is 5.91 Å². The van der Waals surface area contributed by atoms with Crippen molar-refractivity contribution in [1.29, 1.82) is 0 Å². The lowest BCUT2D eigenvalue weighted by molar-refractivity contribution is -0.151. The van der Waals surface area contributed by atoms with Crippen LogP contribution in [0.4, 0.5) is 0 Å². The summed E-state index contributed by atoms with van der Waals surface area (Å²) in [4.78, 5) is 22.8. The molecule has 1 aromatic heterocycles. The number of carboxylic acids is 1. The number of hydrogen-bond acceptors (Lipinski definition) is 3. The quantitative estimate of drug-likeness (QED) is 0.698. The number of aromatic nitrogens is 2. The van der Waals surface area contributed by atoms with Crippen LogP contribution in [0.15, 0.2) is 12.4 Å². The van der Waals surface area contributed by atoms with Gasteiger partial charge in [-0.2, -0.15) is 5.10 Å². The average Bonchev–Trinajstić information content (AvgIpc) is 2.76. The number of rotatable bonds is 6. The van der Waals surface area contributed by atoms with Crippen LogP contribution in [-0.4, -0.2) is 32.7 Å². The van der Waals surface area contributed by atoms with Crippen LogP contribution >= 0.6 is 0 Å². The zero-order valence-corrected chi connectivity index (χ0v) is 10.1. The molecule has 6 nitrogen and oxygen atoms in total. The Balaban J connectivity index is 1.73. The van der Waals surface area contributed by atoms with Crippen molar-refractivity contribution in [1.82, 2.24) is 15.5 Å². The van der Waals surface area contributed by atoms with Gasteiger partial charge in [0.25, 0.3) is 0 Å². The van der Waals surface area contributed by atoms with Crippen molar-refractivity contribution in [2.24, 2.45) is 0 Å². The molecule has 1 amide bonds. The number of nitrogens with zero attached hydrogens (tertiary/aromatic N) is 1. The van der Waals surface area contributed by atoms with Crippen molar-refractivity contribution in [2.45, 2.75) is 44.1 Å². The third-order valence-electron chi connectivity index (χ3n) is 3.42. The van der Waals surface area contributed by atoms with Gasteiger partial charge < -0.3 is 10.4 Å². The SMILES string of the molecule is O=C(CCCc1cn[nH]c1)NC1(C(=O)O)CCC1. The molecular weight excluding hydrogens is 234 g/mol. The highest BCUT2D eigenvalue weighted by Gasteiger charge is 2.45. The summed E-state index contributed by atoms with van der Waals surface area (Å²) in [5.41, 5.74) is 0.0617. The van der Waals surface area contributed by atoms with Crippen LogP contribution in [0.5, 0.6) is 0 Å². The Morgan fingerprint density at radius 2 is 2.28 bits per heavy atom. The molecule has 98 valence electrons. The van der Waals surface area contributed by atoms with Gasteiger partial charge in [-0.1, -0.05) is 0 Å². The molecule has 18 heavy (non-hydrogen) atoms. The third-order valence-corrected chi connectivity index (χ3v) is 3.42. The molecule has 0 bridgehead atoms. The molecule has 0 atom stereocenters. The molecule has 0 radical (unpaired) electrons. The maximum atomic E-state index is 11.7. The van der Waals surface area contributed by atoms with Gasteiger partial charge in [0.05, 0.1) is 6.20 Å². The summed E-state index contributed by atoms with van der Waals surface area (Å²) in [6, 6.07) is 0. The first-order chi connectivity index (χ1) is 8.62. The van der Waals surface area contributed by atoms with E-state index in [4.69, 9.17) is 5.11 Å². The zero-order valence-electron chi connectivity index (χ0n) is 10.1. The number of carbonyl (C=O) groups is 2. The second kappa shape index (κ2) is 5.20. The Morgan fingerprint density at radius 3 is 2.78 bits per heavy atom. The molecule has 0 saturated heterocycles. The van der Waals surface area contributed by atoms with E-state index in [1.165, 1.54) is 0 Å². The van der Waals surface area contributed by atoms with Gasteiger partial charge in [-0.25, -0.2) is 4.79 Å². The van der Waals surface area contributed by atoms with Crippen LogP contribution in [0.2, 0.25) is 0 Å². The highest BCUT2D eigenvalue weighted by Crippen LogP contribution is 2.32. The fraction of sp³-hybridized carbons (Fsp3) is 0.583. The molecule has 1 aliphatic carbocycles. The molecule has 1 aliphatic rings. The topological polar surface area (TPSA) is 95.1 Å². The second-order valence-electron chi connectivity index (χ2n) is 4.75. The average molecular weight is 251 g/mol. The van der Waals surface area contributed by atoms with E-state index in [0.717, 1.165) is 18.4 Å². The van der Waals surface area contributed by atoms with E-state index >= 15 is 0 Å². The van der Waals surface area contributed by atoms with E-state index in [-0.39, 0.29) is 5.91 Å². The normalized spacial score (nSPS) is 16.9. The number of carbonyl (C=O) groups excluding carboxylic acids is 1. The number of aromatic amines is 1. The van der Waals surface area contributed by atoms with Crippen LogP contribution in [-0.2, 0) is 16.0 Å². The zero-order chi connectivity index (χ0) is 13.0. The molecule has 0 unspecified atom stereocenters. The summed E-state index contributed by atoms with van der Waals surface area (Å²) in [5, 5.41) is 18.3. The smallest absolute Gasteiger partial charge is 0.329 e. The first-order valence-electron chi connectivity index (χ1n) is 6.14. The van der Waals surface area contributed by atoms with Gasteiger partial charge in [-0.05, 0) is 37.7 Å². The van der Waals surface area contributed by atoms with Crippen LogP contribution in [0.3, 0.4) is 0 Å². The number of aliphatic carboxylic acids is 1. The van der Waals surface area contributed by atoms with Gasteiger partial charge in [-0.15, -0.1) is 0 Å². The number of aryl methyl sites for hydroxylation is 1. The molecule has 0 aliphatic heterocycles. The summed E-state index contributed by atoms with van der Waals surface area (Å²) in [6.45, 7) is 0. The van der Waals surface area contributed by atoms with Crippen molar-refractivity contribution < 1.29 is 14.7 Å². The molecule has 1 aromatic rings. The molecule has 1 heterocycles. The van der Waals surface area contributed by atoms with Crippen LogP contribution in [0.1, 0.15) is 37.7 Å². The van der Waals surface area contributed by atoms with E-state index in [0.29, 0.717) is 25.7 Å². The summed E-state index contributed by atoms with van der Waals surface area (Å²) in [5.74, 6) is -1.10. The van der Waals surface area contributed by atoms with E-state index in [9.17, 15) is 9.59 Å². The largest absolute Gasteiger partial charge is 0.480 e. The number of hydrogen-bond donors (Lipinski definition) is 3. The fourth-order valence-corrected chi connectivity index (χ4v) is 2.12. The molecule has 1 fully saturated rings.